The van der Waals surface area contributed by atoms with Crippen LogP contribution in [0.1, 0.15) is 27.8 Å². The van der Waals surface area contributed by atoms with Crippen molar-refractivity contribution < 1.29 is 31.9 Å². The third-order valence-corrected chi connectivity index (χ3v) is 4.17. The minimum absolute atomic E-state index is 0.101. The van der Waals surface area contributed by atoms with Crippen molar-refractivity contribution in [2.45, 2.75) is 12.3 Å². The number of rotatable bonds is 5. The molecule has 9 heteroatoms. The van der Waals surface area contributed by atoms with Crippen LogP contribution in [-0.4, -0.2) is 11.9 Å². The Morgan fingerprint density at radius 3 is 2.38 bits per heavy atom. The highest BCUT2D eigenvalue weighted by Crippen LogP contribution is 2.34. The topological polar surface area (TPSA) is 68.5 Å². The molecule has 1 heterocycles. The number of nitrogens with one attached hydrogen (secondary N) is 1. The molecule has 0 aliphatic rings. The van der Waals surface area contributed by atoms with Gasteiger partial charge in [-0.25, -0.2) is 4.79 Å². The van der Waals surface area contributed by atoms with E-state index in [0.29, 0.717) is 11.6 Å². The predicted molar refractivity (Wildman–Crippen MR) is 98.4 cm³/mol. The summed E-state index contributed by atoms with van der Waals surface area (Å²) in [5, 5.41) is 2.19. The van der Waals surface area contributed by atoms with Crippen LogP contribution in [0.3, 0.4) is 0 Å². The maximum absolute atomic E-state index is 13.0. The number of carbonyl (C=O) groups excluding carboxylic acids is 2. The number of ether oxygens (including phenoxy) is 1. The third-order valence-electron chi connectivity index (χ3n) is 3.84. The van der Waals surface area contributed by atoms with Crippen LogP contribution in [0.25, 0.3) is 0 Å². The molecule has 3 rings (SSSR count). The molecule has 1 N–H and O–H groups in total. The van der Waals surface area contributed by atoms with Gasteiger partial charge < -0.3 is 14.5 Å². The van der Waals surface area contributed by atoms with Crippen molar-refractivity contribution in [3.05, 3.63) is 88.8 Å². The molecule has 0 unspecified atom stereocenters. The van der Waals surface area contributed by atoms with E-state index >= 15 is 0 Å². The first kappa shape index (κ1) is 20.5. The van der Waals surface area contributed by atoms with Gasteiger partial charge in [0.15, 0.2) is 0 Å². The monoisotopic (exact) mass is 423 g/mol. The molecule has 1 atom stereocenters. The first-order valence-corrected chi connectivity index (χ1v) is 8.60. The molecule has 1 aromatic heterocycles. The molecule has 29 heavy (non-hydrogen) atoms. The Morgan fingerprint density at radius 2 is 1.76 bits per heavy atom. The van der Waals surface area contributed by atoms with Crippen LogP contribution in [0, 0.1) is 0 Å². The van der Waals surface area contributed by atoms with Gasteiger partial charge in [-0.1, -0.05) is 41.9 Å². The van der Waals surface area contributed by atoms with Crippen LogP contribution in [0.4, 0.5) is 18.9 Å². The fourth-order valence-corrected chi connectivity index (χ4v) is 2.62. The summed E-state index contributed by atoms with van der Waals surface area (Å²) in [4.78, 5) is 25.0. The summed E-state index contributed by atoms with van der Waals surface area (Å²) in [5.74, 6) is -1.91. The molecule has 0 fully saturated rings. The number of halogens is 4. The fraction of sp³-hybridized carbons (Fsp3) is 0.100. The highest BCUT2D eigenvalue weighted by Gasteiger charge is 2.32. The van der Waals surface area contributed by atoms with Gasteiger partial charge in [0.2, 0.25) is 11.9 Å². The summed E-state index contributed by atoms with van der Waals surface area (Å²) >= 11 is 5.92. The molecule has 0 saturated carbocycles. The second-order valence-electron chi connectivity index (χ2n) is 5.85. The SMILES string of the molecule is O=C(O[C@H](C(=O)Nc1cc(C(F)(F)F)ccc1Cl)c1ccccc1)c1ccco1. The number of esters is 1. The predicted octanol–water partition coefficient (Wildman–Crippen LogP) is 5.49. The molecule has 1 amide bonds. The minimum Gasteiger partial charge on any atom is -0.457 e. The van der Waals surface area contributed by atoms with Gasteiger partial charge in [0.1, 0.15) is 0 Å². The van der Waals surface area contributed by atoms with Crippen LogP contribution in [-0.2, 0) is 15.7 Å². The zero-order valence-electron chi connectivity index (χ0n) is 14.6. The molecular formula is C20H13ClF3NO4. The lowest BCUT2D eigenvalue weighted by Gasteiger charge is -2.18. The standard InChI is InChI=1S/C20H13ClF3NO4/c21-14-9-8-13(20(22,23)24)11-15(14)25-18(26)17(12-5-2-1-3-6-12)29-19(27)16-7-4-10-28-16/h1-11,17H,(H,25,26)/t17-/m0/s1. The largest absolute Gasteiger partial charge is 0.457 e. The lowest BCUT2D eigenvalue weighted by Crippen LogP contribution is -2.26. The average molecular weight is 424 g/mol. The molecule has 0 radical (unpaired) electrons. The number of furan rings is 1. The number of carbonyl (C=O) groups is 2. The van der Waals surface area contributed by atoms with E-state index in [1.54, 1.807) is 18.2 Å². The van der Waals surface area contributed by atoms with Gasteiger partial charge in [0, 0.05) is 5.56 Å². The summed E-state index contributed by atoms with van der Waals surface area (Å²) in [7, 11) is 0. The van der Waals surface area contributed by atoms with Crippen molar-refractivity contribution >= 4 is 29.2 Å². The van der Waals surface area contributed by atoms with Crippen LogP contribution in [0.2, 0.25) is 5.02 Å². The molecule has 0 bridgehead atoms. The van der Waals surface area contributed by atoms with E-state index in [2.05, 4.69) is 5.32 Å². The number of amides is 1. The second kappa shape index (κ2) is 8.40. The van der Waals surface area contributed by atoms with Crippen molar-refractivity contribution in [1.82, 2.24) is 0 Å². The Balaban J connectivity index is 1.88. The smallest absolute Gasteiger partial charge is 0.416 e. The summed E-state index contributed by atoms with van der Waals surface area (Å²) in [6.07, 6.45) is -4.80. The van der Waals surface area contributed by atoms with E-state index in [9.17, 15) is 22.8 Å². The molecule has 0 saturated heterocycles. The van der Waals surface area contributed by atoms with Crippen molar-refractivity contribution in [1.29, 1.82) is 0 Å². The van der Waals surface area contributed by atoms with Gasteiger partial charge in [-0.2, -0.15) is 13.2 Å². The Labute approximate surface area is 168 Å². The van der Waals surface area contributed by atoms with Gasteiger partial charge in [-0.05, 0) is 30.3 Å². The van der Waals surface area contributed by atoms with E-state index in [4.69, 9.17) is 20.8 Å². The van der Waals surface area contributed by atoms with Gasteiger partial charge in [-0.3, -0.25) is 4.79 Å². The first-order chi connectivity index (χ1) is 13.8. The summed E-state index contributed by atoms with van der Waals surface area (Å²) in [6.45, 7) is 0. The number of hydrogen-bond acceptors (Lipinski definition) is 4. The zero-order valence-corrected chi connectivity index (χ0v) is 15.3. The van der Waals surface area contributed by atoms with E-state index < -0.39 is 29.7 Å². The second-order valence-corrected chi connectivity index (χ2v) is 6.26. The lowest BCUT2D eigenvalue weighted by molar-refractivity contribution is -0.137. The van der Waals surface area contributed by atoms with Crippen molar-refractivity contribution in [3.63, 3.8) is 0 Å². The molecule has 0 spiro atoms. The number of benzene rings is 2. The van der Waals surface area contributed by atoms with E-state index in [1.807, 2.05) is 0 Å². The van der Waals surface area contributed by atoms with Crippen LogP contribution >= 0.6 is 11.6 Å². The Morgan fingerprint density at radius 1 is 1.03 bits per heavy atom. The Bertz CT molecular complexity index is 1000. The molecule has 5 nitrogen and oxygen atoms in total. The van der Waals surface area contributed by atoms with Crippen molar-refractivity contribution in [2.75, 3.05) is 5.32 Å². The van der Waals surface area contributed by atoms with Gasteiger partial charge >= 0.3 is 12.1 Å². The van der Waals surface area contributed by atoms with Crippen molar-refractivity contribution in [2.24, 2.45) is 0 Å². The van der Waals surface area contributed by atoms with Crippen LogP contribution < -0.4 is 5.32 Å². The summed E-state index contributed by atoms with van der Waals surface area (Å²) in [6, 6.07) is 13.3. The highest BCUT2D eigenvalue weighted by molar-refractivity contribution is 6.33. The normalized spacial score (nSPS) is 12.3. The van der Waals surface area contributed by atoms with Crippen LogP contribution in [0.5, 0.6) is 0 Å². The van der Waals surface area contributed by atoms with Gasteiger partial charge in [0.25, 0.3) is 5.91 Å². The number of anilines is 1. The Hall–Kier alpha value is -3.26. The quantitative estimate of drug-likeness (QED) is 0.551. The maximum atomic E-state index is 13.0. The molecule has 0 aliphatic heterocycles. The Kier molecular flexibility index (Phi) is 5.93. The third kappa shape index (κ3) is 4.97. The van der Waals surface area contributed by atoms with E-state index in [1.165, 1.54) is 30.5 Å². The van der Waals surface area contributed by atoms with Crippen LogP contribution in [0.15, 0.2) is 71.3 Å². The molecular weight excluding hydrogens is 411 g/mol. The van der Waals surface area contributed by atoms with Gasteiger partial charge in [0.05, 0.1) is 22.5 Å². The molecule has 0 aliphatic carbocycles. The number of alkyl halides is 3. The van der Waals surface area contributed by atoms with E-state index in [0.717, 1.165) is 12.1 Å². The maximum Gasteiger partial charge on any atom is 0.416 e. The van der Waals surface area contributed by atoms with Gasteiger partial charge in [-0.15, -0.1) is 0 Å². The zero-order chi connectivity index (χ0) is 21.0. The van der Waals surface area contributed by atoms with Crippen molar-refractivity contribution in [3.8, 4) is 0 Å². The minimum atomic E-state index is -4.62. The first-order valence-electron chi connectivity index (χ1n) is 8.23. The molecule has 150 valence electrons. The molecule has 2 aromatic carbocycles. The molecule has 3 aromatic rings. The average Bonchev–Trinajstić information content (AvgIpc) is 3.22. The summed E-state index contributed by atoms with van der Waals surface area (Å²) in [5.41, 5.74) is -0.935. The highest BCUT2D eigenvalue weighted by atomic mass is 35.5. The summed E-state index contributed by atoms with van der Waals surface area (Å²) < 4.78 is 49.1. The fourth-order valence-electron chi connectivity index (χ4n) is 2.46. The van der Waals surface area contributed by atoms with E-state index in [-0.39, 0.29) is 16.5 Å². The lowest BCUT2D eigenvalue weighted by atomic mass is 10.1. The number of hydrogen-bond donors (Lipinski definition) is 1.